The highest BCUT2D eigenvalue weighted by Gasteiger charge is 2.23. The normalized spacial score (nSPS) is 17.4. The maximum absolute atomic E-state index is 9.95. The molecule has 0 unspecified atom stereocenters. The number of benzene rings is 1. The van der Waals surface area contributed by atoms with Crippen LogP contribution < -0.4 is 10.1 Å². The van der Waals surface area contributed by atoms with Crippen LogP contribution in [-0.2, 0) is 0 Å². The maximum Gasteiger partial charge on any atom is 0.176 e. The Balaban J connectivity index is 2.24. The quantitative estimate of drug-likeness (QED) is 0.752. The predicted molar refractivity (Wildman–Crippen MR) is 91.0 cm³/mol. The van der Waals surface area contributed by atoms with Gasteiger partial charge in [0.25, 0.3) is 0 Å². The summed E-state index contributed by atoms with van der Waals surface area (Å²) in [4.78, 5) is 2.51. The first-order valence-corrected chi connectivity index (χ1v) is 8.56. The number of hydrogen-bond donors (Lipinski definition) is 2. The molecular weight excluding hydrogens is 300 g/mol. The standard InChI is InChI=1S/C17H27ClN2O2/c1-3-4-5-6-15(20-9-7-19-8-10-20)13-11-14(18)17(21)16(12-13)22-2/h11-12,15,19,21H,3-10H2,1-2H3/t15-/m0/s1. The molecule has 4 nitrogen and oxygen atoms in total. The Hall–Kier alpha value is -0.970. The van der Waals surface area contributed by atoms with Crippen LogP contribution in [0.1, 0.15) is 44.2 Å². The van der Waals surface area contributed by atoms with E-state index in [1.54, 1.807) is 7.11 Å². The number of piperazine rings is 1. The van der Waals surface area contributed by atoms with Gasteiger partial charge in [-0.1, -0.05) is 37.8 Å². The van der Waals surface area contributed by atoms with Gasteiger partial charge in [0.15, 0.2) is 11.5 Å². The van der Waals surface area contributed by atoms with Crippen molar-refractivity contribution in [3.63, 3.8) is 0 Å². The molecule has 0 radical (unpaired) electrons. The highest BCUT2D eigenvalue weighted by molar-refractivity contribution is 6.32. The predicted octanol–water partition coefficient (Wildman–Crippen LogP) is 3.58. The molecule has 1 atom stereocenters. The van der Waals surface area contributed by atoms with E-state index in [0.29, 0.717) is 16.8 Å². The van der Waals surface area contributed by atoms with Crippen LogP contribution in [0.15, 0.2) is 12.1 Å². The summed E-state index contributed by atoms with van der Waals surface area (Å²) in [5.41, 5.74) is 1.14. The van der Waals surface area contributed by atoms with Gasteiger partial charge in [0.2, 0.25) is 0 Å². The summed E-state index contributed by atoms with van der Waals surface area (Å²) in [6.45, 7) is 6.34. The fourth-order valence-corrected chi connectivity index (χ4v) is 3.30. The number of nitrogens with one attached hydrogen (secondary N) is 1. The Morgan fingerprint density at radius 2 is 2.05 bits per heavy atom. The van der Waals surface area contributed by atoms with Crippen molar-refractivity contribution in [2.24, 2.45) is 0 Å². The molecule has 0 amide bonds. The fraction of sp³-hybridized carbons (Fsp3) is 0.647. The van der Waals surface area contributed by atoms with Gasteiger partial charge in [-0.15, -0.1) is 0 Å². The summed E-state index contributed by atoms with van der Waals surface area (Å²) in [5, 5.41) is 13.7. The minimum atomic E-state index is 0.0283. The second-order valence-corrected chi connectivity index (χ2v) is 6.26. The van der Waals surface area contributed by atoms with E-state index in [2.05, 4.69) is 17.1 Å². The number of aromatic hydroxyl groups is 1. The molecule has 5 heteroatoms. The lowest BCUT2D eigenvalue weighted by Gasteiger charge is -2.35. The molecule has 2 N–H and O–H groups in total. The third-order valence-corrected chi connectivity index (χ3v) is 4.62. The molecule has 0 bridgehead atoms. The largest absolute Gasteiger partial charge is 0.503 e. The zero-order chi connectivity index (χ0) is 15.9. The molecular formula is C17H27ClN2O2. The molecule has 1 aromatic carbocycles. The van der Waals surface area contributed by atoms with E-state index in [1.165, 1.54) is 19.3 Å². The second kappa shape index (κ2) is 8.61. The zero-order valence-corrected chi connectivity index (χ0v) is 14.3. The minimum absolute atomic E-state index is 0.0283. The Kier molecular flexibility index (Phi) is 6.80. The zero-order valence-electron chi connectivity index (χ0n) is 13.6. The fourth-order valence-electron chi connectivity index (χ4n) is 3.08. The number of phenols is 1. The van der Waals surface area contributed by atoms with Crippen molar-refractivity contribution >= 4 is 11.6 Å². The van der Waals surface area contributed by atoms with Gasteiger partial charge in [0, 0.05) is 32.2 Å². The average molecular weight is 327 g/mol. The number of phenolic OH excluding ortho intramolecular Hbond substituents is 1. The van der Waals surface area contributed by atoms with Gasteiger partial charge in [-0.2, -0.15) is 0 Å². The van der Waals surface area contributed by atoms with E-state index >= 15 is 0 Å². The van der Waals surface area contributed by atoms with E-state index in [4.69, 9.17) is 16.3 Å². The molecule has 1 aliphatic rings. The van der Waals surface area contributed by atoms with E-state index in [1.807, 2.05) is 12.1 Å². The van der Waals surface area contributed by atoms with Gasteiger partial charge >= 0.3 is 0 Å². The third-order valence-electron chi connectivity index (χ3n) is 4.33. The molecule has 1 saturated heterocycles. The summed E-state index contributed by atoms with van der Waals surface area (Å²) < 4.78 is 5.26. The van der Waals surface area contributed by atoms with Crippen LogP contribution in [0.25, 0.3) is 0 Å². The summed E-state index contributed by atoms with van der Waals surface area (Å²) >= 11 is 6.18. The van der Waals surface area contributed by atoms with Crippen LogP contribution in [0.2, 0.25) is 5.02 Å². The Morgan fingerprint density at radius 3 is 2.68 bits per heavy atom. The topological polar surface area (TPSA) is 44.7 Å². The lowest BCUT2D eigenvalue weighted by molar-refractivity contribution is 0.162. The second-order valence-electron chi connectivity index (χ2n) is 5.85. The molecule has 0 spiro atoms. The summed E-state index contributed by atoms with van der Waals surface area (Å²) in [7, 11) is 1.56. The molecule has 2 rings (SSSR count). The molecule has 0 aromatic heterocycles. The minimum Gasteiger partial charge on any atom is -0.503 e. The molecule has 124 valence electrons. The first-order chi connectivity index (χ1) is 10.7. The Bertz CT molecular complexity index is 476. The van der Waals surface area contributed by atoms with E-state index in [-0.39, 0.29) is 5.75 Å². The van der Waals surface area contributed by atoms with E-state index in [9.17, 15) is 5.11 Å². The van der Waals surface area contributed by atoms with E-state index in [0.717, 1.165) is 38.2 Å². The molecule has 0 saturated carbocycles. The van der Waals surface area contributed by atoms with Crippen LogP contribution in [0.5, 0.6) is 11.5 Å². The van der Waals surface area contributed by atoms with Gasteiger partial charge < -0.3 is 15.2 Å². The van der Waals surface area contributed by atoms with Gasteiger partial charge in [0.05, 0.1) is 12.1 Å². The first-order valence-electron chi connectivity index (χ1n) is 8.18. The van der Waals surface area contributed by atoms with Crippen molar-refractivity contribution < 1.29 is 9.84 Å². The van der Waals surface area contributed by atoms with E-state index < -0.39 is 0 Å². The average Bonchev–Trinajstić information content (AvgIpc) is 2.55. The highest BCUT2D eigenvalue weighted by Crippen LogP contribution is 2.39. The van der Waals surface area contributed by atoms with Crippen LogP contribution >= 0.6 is 11.6 Å². The first kappa shape index (κ1) is 17.4. The van der Waals surface area contributed by atoms with Crippen LogP contribution in [0, 0.1) is 0 Å². The van der Waals surface area contributed by atoms with Crippen molar-refractivity contribution in [3.8, 4) is 11.5 Å². The number of nitrogens with zero attached hydrogens (tertiary/aromatic N) is 1. The van der Waals surface area contributed by atoms with Crippen molar-refractivity contribution in [1.29, 1.82) is 0 Å². The third kappa shape index (κ3) is 4.28. The number of ether oxygens (including phenoxy) is 1. The number of hydrogen-bond acceptors (Lipinski definition) is 4. The molecule has 22 heavy (non-hydrogen) atoms. The van der Waals surface area contributed by atoms with Crippen molar-refractivity contribution in [3.05, 3.63) is 22.7 Å². The maximum atomic E-state index is 9.95. The smallest absolute Gasteiger partial charge is 0.176 e. The van der Waals surface area contributed by atoms with Gasteiger partial charge in [0.1, 0.15) is 0 Å². The van der Waals surface area contributed by atoms with Crippen molar-refractivity contribution in [2.75, 3.05) is 33.3 Å². The van der Waals surface area contributed by atoms with Gasteiger partial charge in [-0.3, -0.25) is 4.90 Å². The SMILES string of the molecule is CCCCC[C@@H](c1cc(Cl)c(O)c(OC)c1)N1CCNCC1. The van der Waals surface area contributed by atoms with Crippen LogP contribution in [0.3, 0.4) is 0 Å². The van der Waals surface area contributed by atoms with Gasteiger partial charge in [-0.05, 0) is 24.1 Å². The summed E-state index contributed by atoms with van der Waals surface area (Å²) in [5.74, 6) is 0.485. The molecule has 0 aliphatic carbocycles. The lowest BCUT2D eigenvalue weighted by atomic mass is 9.97. The van der Waals surface area contributed by atoms with Crippen LogP contribution in [0.4, 0.5) is 0 Å². The summed E-state index contributed by atoms with van der Waals surface area (Å²) in [6.07, 6.45) is 4.77. The lowest BCUT2D eigenvalue weighted by Crippen LogP contribution is -2.45. The van der Waals surface area contributed by atoms with Crippen molar-refractivity contribution in [1.82, 2.24) is 10.2 Å². The molecule has 1 heterocycles. The number of rotatable bonds is 7. The molecule has 1 aliphatic heterocycles. The Labute approximate surface area is 138 Å². The van der Waals surface area contributed by atoms with Crippen molar-refractivity contribution in [2.45, 2.75) is 38.6 Å². The summed E-state index contributed by atoms with van der Waals surface area (Å²) in [6, 6.07) is 4.15. The molecule has 1 fully saturated rings. The molecule has 1 aromatic rings. The van der Waals surface area contributed by atoms with Crippen LogP contribution in [-0.4, -0.2) is 43.3 Å². The Morgan fingerprint density at radius 1 is 1.32 bits per heavy atom. The number of halogens is 1. The highest BCUT2D eigenvalue weighted by atomic mass is 35.5. The van der Waals surface area contributed by atoms with Gasteiger partial charge in [-0.25, -0.2) is 0 Å². The number of methoxy groups -OCH3 is 1. The monoisotopic (exact) mass is 326 g/mol. The number of unbranched alkanes of at least 4 members (excludes halogenated alkanes) is 2.